The minimum Gasteiger partial charge on any atom is -0.390 e. The van der Waals surface area contributed by atoms with Gasteiger partial charge in [-0.15, -0.1) is 0 Å². The quantitative estimate of drug-likeness (QED) is 0.785. The van der Waals surface area contributed by atoms with Crippen molar-refractivity contribution in [3.05, 3.63) is 12.7 Å². The predicted molar refractivity (Wildman–Crippen MR) is 68.6 cm³/mol. The lowest BCUT2D eigenvalue weighted by atomic mass is 10.0. The first-order valence-electron chi connectivity index (χ1n) is 6.62. The molecule has 0 radical (unpaired) electrons. The number of ether oxygens (including phenoxy) is 2. The van der Waals surface area contributed by atoms with Crippen LogP contribution < -0.4 is 5.73 Å². The van der Waals surface area contributed by atoms with Gasteiger partial charge in [0.1, 0.15) is 24.2 Å². The first-order chi connectivity index (χ1) is 9.74. The van der Waals surface area contributed by atoms with Crippen LogP contribution >= 0.6 is 0 Å². The standard InChI is InChI=1S/C12H15N5O3/c13-11-9-12(15-4-14-11)17(5-16-9)8-3-6(18)10(20-8)7-1-2-19-7/h4-8,10,18H,1-3H2,(H2,13,14,15)/t6-,7?,8+,10-/m0/s1. The summed E-state index contributed by atoms with van der Waals surface area (Å²) in [7, 11) is 0. The van der Waals surface area contributed by atoms with Crippen molar-refractivity contribution in [2.24, 2.45) is 0 Å². The van der Waals surface area contributed by atoms with Crippen LogP contribution in [0.2, 0.25) is 0 Å². The summed E-state index contributed by atoms with van der Waals surface area (Å²) in [5, 5.41) is 10.1. The van der Waals surface area contributed by atoms with Crippen LogP contribution in [0.1, 0.15) is 19.1 Å². The second-order valence-corrected chi connectivity index (χ2v) is 5.14. The van der Waals surface area contributed by atoms with Gasteiger partial charge in [0.05, 0.1) is 18.5 Å². The Bertz CT molecular complexity index is 641. The first-order valence-corrected chi connectivity index (χ1v) is 6.62. The summed E-state index contributed by atoms with van der Waals surface area (Å²) >= 11 is 0. The van der Waals surface area contributed by atoms with E-state index >= 15 is 0 Å². The highest BCUT2D eigenvalue weighted by atomic mass is 16.6. The number of rotatable bonds is 2. The van der Waals surface area contributed by atoms with Gasteiger partial charge in [0.15, 0.2) is 11.5 Å². The van der Waals surface area contributed by atoms with E-state index in [0.29, 0.717) is 23.4 Å². The molecule has 0 saturated carbocycles. The molecule has 106 valence electrons. The third-order valence-electron chi connectivity index (χ3n) is 3.93. The maximum atomic E-state index is 10.1. The molecule has 3 N–H and O–H groups in total. The fraction of sp³-hybridized carbons (Fsp3) is 0.583. The summed E-state index contributed by atoms with van der Waals surface area (Å²) in [6.45, 7) is 0.736. The van der Waals surface area contributed by atoms with Gasteiger partial charge in [0, 0.05) is 13.0 Å². The van der Waals surface area contributed by atoms with Crippen LogP contribution in [0, 0.1) is 0 Å². The molecule has 2 aliphatic rings. The number of fused-ring (bicyclic) bond motifs is 1. The number of aliphatic hydroxyl groups is 1. The largest absolute Gasteiger partial charge is 0.390 e. The molecule has 0 spiro atoms. The summed E-state index contributed by atoms with van der Waals surface area (Å²) in [4.78, 5) is 12.3. The molecule has 2 aliphatic heterocycles. The molecule has 2 saturated heterocycles. The van der Waals surface area contributed by atoms with Crippen LogP contribution in [0.5, 0.6) is 0 Å². The van der Waals surface area contributed by atoms with Gasteiger partial charge >= 0.3 is 0 Å². The molecular weight excluding hydrogens is 262 g/mol. The van der Waals surface area contributed by atoms with Crippen molar-refractivity contribution in [2.75, 3.05) is 12.3 Å². The molecule has 0 amide bonds. The lowest BCUT2D eigenvalue weighted by Crippen LogP contribution is -2.43. The minimum atomic E-state index is -0.540. The van der Waals surface area contributed by atoms with Crippen molar-refractivity contribution in [1.29, 1.82) is 0 Å². The molecule has 4 atom stereocenters. The van der Waals surface area contributed by atoms with Crippen molar-refractivity contribution in [3.63, 3.8) is 0 Å². The summed E-state index contributed by atoms with van der Waals surface area (Å²) in [6.07, 6.45) is 3.29. The Morgan fingerprint density at radius 3 is 2.95 bits per heavy atom. The van der Waals surface area contributed by atoms with Crippen LogP contribution in [0.4, 0.5) is 5.82 Å². The van der Waals surface area contributed by atoms with E-state index < -0.39 is 6.10 Å². The average molecular weight is 277 g/mol. The fourth-order valence-electron chi connectivity index (χ4n) is 2.78. The van der Waals surface area contributed by atoms with Crippen molar-refractivity contribution in [1.82, 2.24) is 19.5 Å². The third-order valence-corrected chi connectivity index (χ3v) is 3.93. The number of imidazole rings is 1. The van der Waals surface area contributed by atoms with Gasteiger partial charge in [-0.1, -0.05) is 0 Å². The Labute approximate surface area is 114 Å². The monoisotopic (exact) mass is 277 g/mol. The topological polar surface area (TPSA) is 108 Å². The zero-order valence-corrected chi connectivity index (χ0v) is 10.7. The molecule has 4 rings (SSSR count). The lowest BCUT2D eigenvalue weighted by Gasteiger charge is -2.32. The maximum absolute atomic E-state index is 10.1. The summed E-state index contributed by atoms with van der Waals surface area (Å²) in [5.41, 5.74) is 6.93. The van der Waals surface area contributed by atoms with Gasteiger partial charge in [0.25, 0.3) is 0 Å². The van der Waals surface area contributed by atoms with E-state index in [1.165, 1.54) is 6.33 Å². The molecule has 2 fully saturated rings. The number of aromatic nitrogens is 4. The molecule has 2 aromatic rings. The van der Waals surface area contributed by atoms with E-state index in [0.717, 1.165) is 13.0 Å². The highest BCUT2D eigenvalue weighted by Crippen LogP contribution is 2.35. The first kappa shape index (κ1) is 12.0. The van der Waals surface area contributed by atoms with E-state index in [1.54, 1.807) is 10.9 Å². The molecule has 0 aromatic carbocycles. The smallest absolute Gasteiger partial charge is 0.167 e. The van der Waals surface area contributed by atoms with Crippen LogP contribution in [-0.4, -0.2) is 49.5 Å². The van der Waals surface area contributed by atoms with Gasteiger partial charge in [-0.2, -0.15) is 0 Å². The van der Waals surface area contributed by atoms with E-state index in [4.69, 9.17) is 15.2 Å². The molecule has 0 aliphatic carbocycles. The Kier molecular flexibility index (Phi) is 2.62. The van der Waals surface area contributed by atoms with Crippen LogP contribution in [0.15, 0.2) is 12.7 Å². The highest BCUT2D eigenvalue weighted by molar-refractivity contribution is 5.81. The highest BCUT2D eigenvalue weighted by Gasteiger charge is 2.43. The molecule has 8 heteroatoms. The zero-order chi connectivity index (χ0) is 13.7. The van der Waals surface area contributed by atoms with Crippen LogP contribution in [0.25, 0.3) is 11.2 Å². The van der Waals surface area contributed by atoms with E-state index in [1.807, 2.05) is 0 Å². The Balaban J connectivity index is 1.65. The van der Waals surface area contributed by atoms with Gasteiger partial charge in [-0.25, -0.2) is 15.0 Å². The number of aliphatic hydroxyl groups excluding tert-OH is 1. The fourth-order valence-corrected chi connectivity index (χ4v) is 2.78. The Morgan fingerprint density at radius 1 is 1.35 bits per heavy atom. The average Bonchev–Trinajstić information content (AvgIpc) is 2.93. The summed E-state index contributed by atoms with van der Waals surface area (Å²) in [6, 6.07) is 0. The summed E-state index contributed by atoms with van der Waals surface area (Å²) in [5.74, 6) is 0.339. The second-order valence-electron chi connectivity index (χ2n) is 5.14. The molecule has 1 unspecified atom stereocenters. The van der Waals surface area contributed by atoms with Gasteiger partial charge in [0.2, 0.25) is 0 Å². The van der Waals surface area contributed by atoms with E-state index in [2.05, 4.69) is 15.0 Å². The second kappa shape index (κ2) is 4.37. The molecule has 4 heterocycles. The third kappa shape index (κ3) is 1.69. The number of hydrogen-bond donors (Lipinski definition) is 2. The van der Waals surface area contributed by atoms with Crippen molar-refractivity contribution in [2.45, 2.75) is 37.4 Å². The number of nitrogens with zero attached hydrogens (tertiary/aromatic N) is 4. The van der Waals surface area contributed by atoms with Crippen LogP contribution in [0.3, 0.4) is 0 Å². The molecular formula is C12H15N5O3. The minimum absolute atomic E-state index is 0.00974. The van der Waals surface area contributed by atoms with Gasteiger partial charge in [-0.3, -0.25) is 4.57 Å². The molecule has 0 bridgehead atoms. The maximum Gasteiger partial charge on any atom is 0.167 e. The Hall–Kier alpha value is -1.77. The Morgan fingerprint density at radius 2 is 2.20 bits per heavy atom. The molecule has 8 nitrogen and oxygen atoms in total. The van der Waals surface area contributed by atoms with Crippen molar-refractivity contribution in [3.8, 4) is 0 Å². The van der Waals surface area contributed by atoms with Gasteiger partial charge < -0.3 is 20.3 Å². The predicted octanol–water partition coefficient (Wildman–Crippen LogP) is -0.154. The van der Waals surface area contributed by atoms with E-state index in [-0.39, 0.29) is 18.4 Å². The number of nitrogens with two attached hydrogens (primary N) is 1. The summed E-state index contributed by atoms with van der Waals surface area (Å²) < 4.78 is 13.1. The number of nitrogen functional groups attached to an aromatic ring is 1. The van der Waals surface area contributed by atoms with Crippen molar-refractivity contribution < 1.29 is 14.6 Å². The van der Waals surface area contributed by atoms with Gasteiger partial charge in [-0.05, 0) is 6.42 Å². The van der Waals surface area contributed by atoms with E-state index in [9.17, 15) is 5.11 Å². The number of hydrogen-bond acceptors (Lipinski definition) is 7. The lowest BCUT2D eigenvalue weighted by molar-refractivity contribution is -0.158. The zero-order valence-electron chi connectivity index (χ0n) is 10.7. The van der Waals surface area contributed by atoms with Crippen LogP contribution in [-0.2, 0) is 9.47 Å². The molecule has 20 heavy (non-hydrogen) atoms. The van der Waals surface area contributed by atoms with Crippen molar-refractivity contribution >= 4 is 17.0 Å². The SMILES string of the molecule is Nc1ncnc2c1ncn2[C@H]1C[C@H](O)[C@@H](C2CCO2)O1. The molecule has 2 aromatic heterocycles. The normalized spacial score (nSPS) is 33.5. The number of anilines is 1.